The van der Waals surface area contributed by atoms with Gasteiger partial charge in [0.15, 0.2) is 0 Å². The molecule has 0 bridgehead atoms. The van der Waals surface area contributed by atoms with E-state index < -0.39 is 0 Å². The third-order valence-electron chi connectivity index (χ3n) is 14.2. The second-order valence-corrected chi connectivity index (χ2v) is 20.2. The molecule has 0 aliphatic carbocycles. The summed E-state index contributed by atoms with van der Waals surface area (Å²) in [6.45, 7) is 18.2. The summed E-state index contributed by atoms with van der Waals surface area (Å²) in [4.78, 5) is 0. The summed E-state index contributed by atoms with van der Waals surface area (Å²) in [7, 11) is 0. The SMILES string of the molecule is CC(C)(c1ccccc1)c1ccc(Nc2ccc(C(C)(C)c3ccccc3)cc2)cc1.CC(C)(c1ccccc1)c1ccc(Nc2ccc(Nc3ccc(C(C)(C)c4ccccc4)cc3)cc2)cc1. The minimum Gasteiger partial charge on any atom is -0.356 e. The van der Waals surface area contributed by atoms with Crippen molar-refractivity contribution >= 4 is 34.1 Å². The quantitative estimate of drug-likeness (QED) is 0.102. The molecular formula is C66H67N3. The zero-order valence-electron chi connectivity index (χ0n) is 41.6. The Balaban J connectivity index is 0.000000190. The number of hydrogen-bond donors (Lipinski definition) is 3. The molecule has 0 fully saturated rings. The van der Waals surface area contributed by atoms with Crippen LogP contribution >= 0.6 is 0 Å². The Labute approximate surface area is 412 Å². The van der Waals surface area contributed by atoms with E-state index in [4.69, 9.17) is 0 Å². The molecule has 3 N–H and O–H groups in total. The van der Waals surface area contributed by atoms with Gasteiger partial charge in [0.2, 0.25) is 0 Å². The maximum absolute atomic E-state index is 3.54. The van der Waals surface area contributed by atoms with Crippen LogP contribution in [0.4, 0.5) is 34.1 Å². The number of hydrogen-bond acceptors (Lipinski definition) is 3. The highest BCUT2D eigenvalue weighted by molar-refractivity contribution is 5.67. The number of nitrogens with one attached hydrogen (secondary N) is 3. The van der Waals surface area contributed by atoms with Gasteiger partial charge in [-0.15, -0.1) is 0 Å². The predicted molar refractivity (Wildman–Crippen MR) is 296 cm³/mol. The summed E-state index contributed by atoms with van der Waals surface area (Å²) in [5.41, 5.74) is 16.9. The van der Waals surface area contributed by atoms with Crippen LogP contribution in [0.5, 0.6) is 0 Å². The van der Waals surface area contributed by atoms with Crippen molar-refractivity contribution in [1.82, 2.24) is 0 Å². The fourth-order valence-electron chi connectivity index (χ4n) is 9.10. The summed E-state index contributed by atoms with van der Waals surface area (Å²) in [5, 5.41) is 10.6. The Kier molecular flexibility index (Phi) is 14.4. The third kappa shape index (κ3) is 11.4. The maximum atomic E-state index is 3.54. The highest BCUT2D eigenvalue weighted by Gasteiger charge is 2.26. The Bertz CT molecular complexity index is 2770. The van der Waals surface area contributed by atoms with Crippen molar-refractivity contribution in [2.45, 2.75) is 77.0 Å². The van der Waals surface area contributed by atoms with Gasteiger partial charge in [-0.1, -0.05) is 225 Å². The van der Waals surface area contributed by atoms with E-state index >= 15 is 0 Å². The van der Waals surface area contributed by atoms with E-state index in [1.54, 1.807) is 0 Å². The van der Waals surface area contributed by atoms with Crippen LogP contribution in [0, 0.1) is 0 Å². The van der Waals surface area contributed by atoms with Gasteiger partial charge in [0.25, 0.3) is 0 Å². The molecule has 69 heavy (non-hydrogen) atoms. The molecule has 9 aromatic carbocycles. The van der Waals surface area contributed by atoms with Crippen LogP contribution in [-0.2, 0) is 21.7 Å². The highest BCUT2D eigenvalue weighted by Crippen LogP contribution is 2.36. The standard InChI is InChI=1S/C36H36N2.C30H31N/c1-35(2,27-11-7-5-8-12-27)29-15-19-31(20-16-29)37-33-23-25-34(26-24-33)38-32-21-17-30(18-22-32)36(3,4)28-13-9-6-10-14-28;1-29(2,23-11-7-5-8-12-23)25-15-19-27(20-16-25)31-28-21-17-26(18-22-28)30(3,4)24-13-9-6-10-14-24/h5-26,37-38H,1-4H3;5-22,31H,1-4H3. The van der Waals surface area contributed by atoms with Crippen molar-refractivity contribution in [3.05, 3.63) is 287 Å². The van der Waals surface area contributed by atoms with Crippen molar-refractivity contribution in [3.8, 4) is 0 Å². The van der Waals surface area contributed by atoms with Crippen LogP contribution in [0.15, 0.2) is 243 Å². The molecule has 0 spiro atoms. The van der Waals surface area contributed by atoms with Gasteiger partial charge < -0.3 is 16.0 Å². The summed E-state index contributed by atoms with van der Waals surface area (Å²) >= 11 is 0. The van der Waals surface area contributed by atoms with E-state index in [0.29, 0.717) is 0 Å². The van der Waals surface area contributed by atoms with Crippen LogP contribution in [-0.4, -0.2) is 0 Å². The van der Waals surface area contributed by atoms with Gasteiger partial charge in [0.05, 0.1) is 0 Å². The fraction of sp³-hybridized carbons (Fsp3) is 0.182. The van der Waals surface area contributed by atoms with Crippen LogP contribution in [0.3, 0.4) is 0 Å². The summed E-state index contributed by atoms with van der Waals surface area (Å²) in [6, 6.07) is 86.2. The molecule has 0 saturated carbocycles. The Morgan fingerprint density at radius 3 is 0.464 bits per heavy atom. The molecule has 0 radical (unpaired) electrons. The maximum Gasteiger partial charge on any atom is 0.0385 e. The van der Waals surface area contributed by atoms with E-state index in [0.717, 1.165) is 34.1 Å². The van der Waals surface area contributed by atoms with Gasteiger partial charge in [-0.05, 0) is 117 Å². The number of anilines is 6. The first kappa shape index (κ1) is 47.9. The Morgan fingerprint density at radius 1 is 0.174 bits per heavy atom. The molecule has 0 aliphatic rings. The lowest BCUT2D eigenvalue weighted by Gasteiger charge is -2.27. The second kappa shape index (κ2) is 20.7. The number of benzene rings is 9. The molecule has 9 rings (SSSR count). The van der Waals surface area contributed by atoms with Crippen molar-refractivity contribution in [2.24, 2.45) is 0 Å². The van der Waals surface area contributed by atoms with Gasteiger partial charge in [-0.2, -0.15) is 0 Å². The molecule has 0 amide bonds. The van der Waals surface area contributed by atoms with Crippen LogP contribution in [0.2, 0.25) is 0 Å². The van der Waals surface area contributed by atoms with E-state index in [-0.39, 0.29) is 21.7 Å². The second-order valence-electron chi connectivity index (χ2n) is 20.2. The molecule has 3 nitrogen and oxygen atoms in total. The normalized spacial score (nSPS) is 11.8. The molecule has 0 atom stereocenters. The molecule has 0 heterocycles. The van der Waals surface area contributed by atoms with Crippen LogP contribution < -0.4 is 16.0 Å². The zero-order chi connectivity index (χ0) is 48.5. The van der Waals surface area contributed by atoms with E-state index in [2.05, 4.69) is 314 Å². The largest absolute Gasteiger partial charge is 0.356 e. The molecule has 3 heteroatoms. The lowest BCUT2D eigenvalue weighted by Crippen LogP contribution is -2.18. The van der Waals surface area contributed by atoms with Gasteiger partial charge in [0.1, 0.15) is 0 Å². The lowest BCUT2D eigenvalue weighted by molar-refractivity contribution is 0.641. The fourth-order valence-corrected chi connectivity index (χ4v) is 9.10. The van der Waals surface area contributed by atoms with E-state index in [1.807, 2.05) is 0 Å². The third-order valence-corrected chi connectivity index (χ3v) is 14.2. The monoisotopic (exact) mass is 902 g/mol. The Hall–Kier alpha value is -7.62. The van der Waals surface area contributed by atoms with Crippen molar-refractivity contribution in [1.29, 1.82) is 0 Å². The molecule has 0 aromatic heterocycles. The van der Waals surface area contributed by atoms with Gasteiger partial charge in [0, 0.05) is 55.8 Å². The highest BCUT2D eigenvalue weighted by atomic mass is 14.9. The average Bonchev–Trinajstić information content (AvgIpc) is 3.39. The molecule has 9 aromatic rings. The topological polar surface area (TPSA) is 36.1 Å². The minimum absolute atomic E-state index is 0.0234. The van der Waals surface area contributed by atoms with Crippen molar-refractivity contribution in [3.63, 3.8) is 0 Å². The lowest BCUT2D eigenvalue weighted by atomic mass is 9.78. The van der Waals surface area contributed by atoms with Gasteiger partial charge in [-0.3, -0.25) is 0 Å². The first-order chi connectivity index (χ1) is 33.2. The number of rotatable bonds is 14. The first-order valence-corrected chi connectivity index (χ1v) is 24.2. The molecule has 0 saturated heterocycles. The van der Waals surface area contributed by atoms with Crippen molar-refractivity contribution < 1.29 is 0 Å². The first-order valence-electron chi connectivity index (χ1n) is 24.2. The molecular weight excluding hydrogens is 835 g/mol. The zero-order valence-corrected chi connectivity index (χ0v) is 41.6. The van der Waals surface area contributed by atoms with Gasteiger partial charge in [-0.25, -0.2) is 0 Å². The Morgan fingerprint density at radius 2 is 0.304 bits per heavy atom. The van der Waals surface area contributed by atoms with E-state index in [1.165, 1.54) is 44.5 Å². The average molecular weight is 902 g/mol. The summed E-state index contributed by atoms with van der Waals surface area (Å²) in [6.07, 6.45) is 0. The van der Waals surface area contributed by atoms with Gasteiger partial charge >= 0.3 is 0 Å². The molecule has 346 valence electrons. The summed E-state index contributed by atoms with van der Waals surface area (Å²) < 4.78 is 0. The minimum atomic E-state index is -0.0391. The van der Waals surface area contributed by atoms with Crippen molar-refractivity contribution in [2.75, 3.05) is 16.0 Å². The summed E-state index contributed by atoms with van der Waals surface area (Å²) in [5.74, 6) is 0. The predicted octanol–water partition coefficient (Wildman–Crippen LogP) is 17.9. The van der Waals surface area contributed by atoms with Crippen LogP contribution in [0.1, 0.15) is 99.9 Å². The van der Waals surface area contributed by atoms with Crippen LogP contribution in [0.25, 0.3) is 0 Å². The molecule has 0 unspecified atom stereocenters. The smallest absolute Gasteiger partial charge is 0.0385 e. The van der Waals surface area contributed by atoms with E-state index in [9.17, 15) is 0 Å². The molecule has 0 aliphatic heterocycles.